The molecule has 1 atom stereocenters. The van der Waals surface area contributed by atoms with Crippen molar-refractivity contribution in [2.24, 2.45) is 16.8 Å². The van der Waals surface area contributed by atoms with Crippen LogP contribution in [0, 0.1) is 11.8 Å². The molecule has 1 heterocycles. The highest BCUT2D eigenvalue weighted by Crippen LogP contribution is 2.16. The molecule has 1 aliphatic heterocycles. The summed E-state index contributed by atoms with van der Waals surface area (Å²) in [5.74, 6) is 2.11. The Morgan fingerprint density at radius 2 is 2.07 bits per heavy atom. The van der Waals surface area contributed by atoms with Crippen molar-refractivity contribution in [3.05, 3.63) is 35.4 Å². The van der Waals surface area contributed by atoms with Gasteiger partial charge in [0.05, 0.1) is 6.54 Å². The lowest BCUT2D eigenvalue weighted by Crippen LogP contribution is -2.40. The highest BCUT2D eigenvalue weighted by molar-refractivity contribution is 5.79. The molecule has 0 bridgehead atoms. The molecule has 1 saturated heterocycles. The van der Waals surface area contributed by atoms with Crippen molar-refractivity contribution < 1.29 is 9.90 Å². The molecule has 2 rings (SSSR count). The van der Waals surface area contributed by atoms with E-state index in [0.717, 1.165) is 56.0 Å². The first-order valence-electron chi connectivity index (χ1n) is 11.0. The van der Waals surface area contributed by atoms with Crippen LogP contribution in [0.1, 0.15) is 57.6 Å². The first-order valence-corrected chi connectivity index (χ1v) is 11.0. The van der Waals surface area contributed by atoms with E-state index < -0.39 is 0 Å². The third-order valence-corrected chi connectivity index (χ3v) is 5.20. The lowest BCUT2D eigenvalue weighted by molar-refractivity contribution is -0.128. The van der Waals surface area contributed by atoms with Crippen molar-refractivity contribution in [1.82, 2.24) is 15.5 Å². The van der Waals surface area contributed by atoms with Crippen molar-refractivity contribution in [3.63, 3.8) is 0 Å². The molecular formula is C23H38N4O2. The van der Waals surface area contributed by atoms with Gasteiger partial charge in [0, 0.05) is 39.2 Å². The molecule has 1 aromatic rings. The van der Waals surface area contributed by atoms with Crippen molar-refractivity contribution in [1.29, 1.82) is 0 Å². The van der Waals surface area contributed by atoms with Crippen LogP contribution in [-0.2, 0) is 17.9 Å². The highest BCUT2D eigenvalue weighted by atomic mass is 16.3. The van der Waals surface area contributed by atoms with Crippen LogP contribution in [0.4, 0.5) is 0 Å². The van der Waals surface area contributed by atoms with Crippen LogP contribution in [0.25, 0.3) is 0 Å². The molecular weight excluding hydrogens is 364 g/mol. The quantitative estimate of drug-likeness (QED) is 0.393. The molecule has 0 saturated carbocycles. The van der Waals surface area contributed by atoms with Gasteiger partial charge in [0.15, 0.2) is 5.96 Å². The second kappa shape index (κ2) is 12.5. The van der Waals surface area contributed by atoms with Gasteiger partial charge in [-0.3, -0.25) is 4.79 Å². The van der Waals surface area contributed by atoms with Gasteiger partial charge in [0.2, 0.25) is 5.91 Å². The minimum Gasteiger partial charge on any atom is -0.396 e. The number of aliphatic hydroxyl groups excluding tert-OH is 1. The molecule has 3 N–H and O–H groups in total. The number of benzene rings is 1. The van der Waals surface area contributed by atoms with E-state index in [9.17, 15) is 9.90 Å². The van der Waals surface area contributed by atoms with E-state index in [1.54, 1.807) is 0 Å². The van der Waals surface area contributed by atoms with Gasteiger partial charge in [-0.15, -0.1) is 0 Å². The number of aliphatic hydroxyl groups is 1. The predicted octanol–water partition coefficient (Wildman–Crippen LogP) is 2.91. The SMILES string of the molecule is CCNC(=NCc1cccc(CN2CCCC2=O)c1)NCC(CCO)CC(C)C. The number of nitrogens with zero attached hydrogens (tertiary/aromatic N) is 2. The monoisotopic (exact) mass is 402 g/mol. The molecule has 1 amide bonds. The van der Waals surface area contributed by atoms with Crippen molar-refractivity contribution >= 4 is 11.9 Å². The van der Waals surface area contributed by atoms with E-state index in [4.69, 9.17) is 4.99 Å². The van der Waals surface area contributed by atoms with Gasteiger partial charge in [-0.1, -0.05) is 38.1 Å². The summed E-state index contributed by atoms with van der Waals surface area (Å²) in [5, 5.41) is 16.1. The Hall–Kier alpha value is -2.08. The summed E-state index contributed by atoms with van der Waals surface area (Å²) in [5.41, 5.74) is 2.30. The zero-order valence-electron chi connectivity index (χ0n) is 18.3. The Morgan fingerprint density at radius 1 is 1.28 bits per heavy atom. The molecule has 1 unspecified atom stereocenters. The average molecular weight is 403 g/mol. The standard InChI is InChI=1S/C23H38N4O2/c1-4-24-23(26-16-20(10-12-28)13-18(2)3)25-15-19-7-5-8-21(14-19)17-27-11-6-9-22(27)29/h5,7-8,14,18,20,28H,4,6,9-13,15-17H2,1-3H3,(H2,24,25,26). The molecule has 1 aliphatic rings. The van der Waals surface area contributed by atoms with Crippen molar-refractivity contribution in [2.75, 3.05) is 26.2 Å². The van der Waals surface area contributed by atoms with Crippen molar-refractivity contribution in [3.8, 4) is 0 Å². The van der Waals surface area contributed by atoms with E-state index in [0.29, 0.717) is 31.3 Å². The second-order valence-electron chi connectivity index (χ2n) is 8.32. The molecule has 6 nitrogen and oxygen atoms in total. The maximum Gasteiger partial charge on any atom is 0.222 e. The number of amides is 1. The summed E-state index contributed by atoms with van der Waals surface area (Å²) in [6, 6.07) is 8.34. The summed E-state index contributed by atoms with van der Waals surface area (Å²) in [6.07, 6.45) is 3.54. The van der Waals surface area contributed by atoms with E-state index in [1.807, 2.05) is 11.0 Å². The van der Waals surface area contributed by atoms with Crippen LogP contribution in [0.2, 0.25) is 0 Å². The molecule has 1 fully saturated rings. The minimum absolute atomic E-state index is 0.221. The molecule has 29 heavy (non-hydrogen) atoms. The van der Waals surface area contributed by atoms with Gasteiger partial charge in [0.1, 0.15) is 0 Å². The maximum atomic E-state index is 11.9. The minimum atomic E-state index is 0.221. The van der Waals surface area contributed by atoms with Crippen molar-refractivity contribution in [2.45, 2.75) is 59.5 Å². The molecule has 1 aromatic carbocycles. The number of nitrogens with one attached hydrogen (secondary N) is 2. The third-order valence-electron chi connectivity index (χ3n) is 5.20. The van der Waals surface area contributed by atoms with Gasteiger partial charge in [-0.25, -0.2) is 4.99 Å². The number of hydrogen-bond acceptors (Lipinski definition) is 3. The normalized spacial score (nSPS) is 15.8. The van der Waals surface area contributed by atoms with E-state index >= 15 is 0 Å². The Bertz CT molecular complexity index is 660. The zero-order chi connectivity index (χ0) is 21.1. The molecule has 0 spiro atoms. The number of rotatable bonds is 11. The van der Waals surface area contributed by atoms with E-state index in [1.165, 1.54) is 0 Å². The van der Waals surface area contributed by atoms with Gasteiger partial charge in [-0.2, -0.15) is 0 Å². The molecule has 6 heteroatoms. The number of hydrogen-bond donors (Lipinski definition) is 3. The Labute approximate surface area is 175 Å². The first-order chi connectivity index (χ1) is 14.0. The summed E-state index contributed by atoms with van der Waals surface area (Å²) in [7, 11) is 0. The number of carbonyl (C=O) groups excluding carboxylic acids is 1. The largest absolute Gasteiger partial charge is 0.396 e. The fourth-order valence-electron chi connectivity index (χ4n) is 3.82. The number of carbonyl (C=O) groups is 1. The zero-order valence-corrected chi connectivity index (χ0v) is 18.3. The van der Waals surface area contributed by atoms with Crippen LogP contribution in [0.15, 0.2) is 29.3 Å². The lowest BCUT2D eigenvalue weighted by Gasteiger charge is -2.20. The van der Waals surface area contributed by atoms with Crippen LogP contribution in [0.5, 0.6) is 0 Å². The number of guanidine groups is 1. The highest BCUT2D eigenvalue weighted by Gasteiger charge is 2.19. The van der Waals surface area contributed by atoms with Crippen LogP contribution >= 0.6 is 0 Å². The van der Waals surface area contributed by atoms with Gasteiger partial charge < -0.3 is 20.6 Å². The van der Waals surface area contributed by atoms with Crippen LogP contribution < -0.4 is 10.6 Å². The Morgan fingerprint density at radius 3 is 2.72 bits per heavy atom. The molecule has 0 aliphatic carbocycles. The number of likely N-dealkylation sites (tertiary alicyclic amines) is 1. The Balaban J connectivity index is 1.94. The lowest BCUT2D eigenvalue weighted by atomic mass is 9.94. The molecule has 0 radical (unpaired) electrons. The fourth-order valence-corrected chi connectivity index (χ4v) is 3.82. The smallest absolute Gasteiger partial charge is 0.222 e. The summed E-state index contributed by atoms with van der Waals surface area (Å²) in [6.45, 7) is 10.5. The summed E-state index contributed by atoms with van der Waals surface area (Å²) < 4.78 is 0. The van der Waals surface area contributed by atoms with Gasteiger partial charge in [0.25, 0.3) is 0 Å². The third kappa shape index (κ3) is 8.44. The maximum absolute atomic E-state index is 11.9. The van der Waals surface area contributed by atoms with Gasteiger partial charge in [-0.05, 0) is 49.1 Å². The van der Waals surface area contributed by atoms with E-state index in [-0.39, 0.29) is 12.5 Å². The molecule has 162 valence electrons. The topological polar surface area (TPSA) is 77.0 Å². The predicted molar refractivity (Wildman–Crippen MR) is 119 cm³/mol. The Kier molecular flexibility index (Phi) is 9.98. The fraction of sp³-hybridized carbons (Fsp3) is 0.652. The van der Waals surface area contributed by atoms with Gasteiger partial charge >= 0.3 is 0 Å². The number of aliphatic imine (C=N–C) groups is 1. The van der Waals surface area contributed by atoms with E-state index in [2.05, 4.69) is 49.6 Å². The summed E-state index contributed by atoms with van der Waals surface area (Å²) >= 11 is 0. The summed E-state index contributed by atoms with van der Waals surface area (Å²) in [4.78, 5) is 18.5. The first kappa shape index (κ1) is 23.2. The van der Waals surface area contributed by atoms with Crippen LogP contribution in [0.3, 0.4) is 0 Å². The van der Waals surface area contributed by atoms with Crippen LogP contribution in [-0.4, -0.2) is 48.1 Å². The average Bonchev–Trinajstić information content (AvgIpc) is 3.08. The second-order valence-corrected chi connectivity index (χ2v) is 8.32. The molecule has 0 aromatic heterocycles.